The van der Waals surface area contributed by atoms with Crippen molar-refractivity contribution in [2.24, 2.45) is 0 Å². The highest BCUT2D eigenvalue weighted by molar-refractivity contribution is 5.46. The van der Waals surface area contributed by atoms with E-state index in [1.165, 1.54) is 0 Å². The lowest BCUT2D eigenvalue weighted by Crippen LogP contribution is -2.45. The first-order chi connectivity index (χ1) is 7.36. The van der Waals surface area contributed by atoms with Gasteiger partial charge in [-0.15, -0.1) is 0 Å². The Morgan fingerprint density at radius 2 is 2.00 bits per heavy atom. The molecule has 0 spiro atoms. The van der Waals surface area contributed by atoms with Gasteiger partial charge in [0.1, 0.15) is 0 Å². The molecule has 1 heterocycles. The largest absolute Gasteiger partial charge is 0.398 e. The molecular formula is C11H17N3O. The summed E-state index contributed by atoms with van der Waals surface area (Å²) in [6.07, 6.45) is 0. The molecule has 0 radical (unpaired) electrons. The van der Waals surface area contributed by atoms with Gasteiger partial charge in [-0.05, 0) is 11.6 Å². The number of para-hydroxylation sites is 1. The zero-order valence-electron chi connectivity index (χ0n) is 8.78. The van der Waals surface area contributed by atoms with Crippen LogP contribution in [0.4, 0.5) is 5.69 Å². The summed E-state index contributed by atoms with van der Waals surface area (Å²) in [7, 11) is 0. The monoisotopic (exact) mass is 207 g/mol. The van der Waals surface area contributed by atoms with E-state index in [9.17, 15) is 0 Å². The fourth-order valence-electron chi connectivity index (χ4n) is 1.61. The van der Waals surface area contributed by atoms with Crippen LogP contribution in [0.25, 0.3) is 0 Å². The number of nitrogens with two attached hydrogens (primary N) is 1. The molecule has 2 rings (SSSR count). The molecule has 3 N–H and O–H groups in total. The summed E-state index contributed by atoms with van der Waals surface area (Å²) in [5, 5.41) is 2.18. The molecule has 1 aliphatic rings. The first-order valence-corrected chi connectivity index (χ1v) is 5.26. The van der Waals surface area contributed by atoms with E-state index >= 15 is 0 Å². The molecule has 1 aromatic carbocycles. The Labute approximate surface area is 90.0 Å². The van der Waals surface area contributed by atoms with Crippen LogP contribution in [-0.2, 0) is 11.3 Å². The first-order valence-electron chi connectivity index (χ1n) is 5.26. The fourth-order valence-corrected chi connectivity index (χ4v) is 1.61. The van der Waals surface area contributed by atoms with Crippen LogP contribution in [-0.4, -0.2) is 31.3 Å². The predicted molar refractivity (Wildman–Crippen MR) is 60.1 cm³/mol. The smallest absolute Gasteiger partial charge is 0.0608 e. The van der Waals surface area contributed by atoms with Crippen molar-refractivity contribution in [3.05, 3.63) is 29.8 Å². The van der Waals surface area contributed by atoms with E-state index in [2.05, 4.69) is 10.4 Å². The van der Waals surface area contributed by atoms with Gasteiger partial charge in [-0.2, -0.15) is 0 Å². The maximum absolute atomic E-state index is 5.85. The second kappa shape index (κ2) is 5.11. The third kappa shape index (κ3) is 2.92. The van der Waals surface area contributed by atoms with Gasteiger partial charge in [0.2, 0.25) is 0 Å². The third-order valence-electron chi connectivity index (χ3n) is 2.56. The highest BCUT2D eigenvalue weighted by atomic mass is 16.5. The minimum absolute atomic E-state index is 0.784. The Balaban J connectivity index is 1.84. The second-order valence-corrected chi connectivity index (χ2v) is 3.63. The number of hydrogen-bond acceptors (Lipinski definition) is 4. The molecule has 1 fully saturated rings. The Morgan fingerprint density at radius 3 is 2.73 bits per heavy atom. The average Bonchev–Trinajstić information content (AvgIpc) is 2.29. The molecule has 1 saturated heterocycles. The zero-order valence-corrected chi connectivity index (χ0v) is 8.78. The third-order valence-corrected chi connectivity index (χ3v) is 2.56. The number of nitrogens with one attached hydrogen (secondary N) is 1. The molecule has 0 bridgehead atoms. The quantitative estimate of drug-likeness (QED) is 0.713. The number of hydrazine groups is 1. The van der Waals surface area contributed by atoms with E-state index in [1.807, 2.05) is 24.3 Å². The molecule has 15 heavy (non-hydrogen) atoms. The summed E-state index contributed by atoms with van der Waals surface area (Å²) in [5.41, 5.74) is 11.2. The van der Waals surface area contributed by atoms with Gasteiger partial charge in [-0.1, -0.05) is 18.2 Å². The van der Waals surface area contributed by atoms with Crippen molar-refractivity contribution in [2.45, 2.75) is 6.54 Å². The lowest BCUT2D eigenvalue weighted by molar-refractivity contribution is 0.0106. The van der Waals surface area contributed by atoms with E-state index in [1.54, 1.807) is 0 Å². The molecule has 0 aliphatic carbocycles. The van der Waals surface area contributed by atoms with Crippen LogP contribution < -0.4 is 11.2 Å². The molecule has 0 unspecified atom stereocenters. The van der Waals surface area contributed by atoms with E-state index in [4.69, 9.17) is 10.5 Å². The Kier molecular flexibility index (Phi) is 3.55. The van der Waals surface area contributed by atoms with E-state index in [-0.39, 0.29) is 0 Å². The average molecular weight is 207 g/mol. The van der Waals surface area contributed by atoms with Crippen LogP contribution in [0.5, 0.6) is 0 Å². The summed E-state index contributed by atoms with van der Waals surface area (Å²) in [6, 6.07) is 7.93. The molecule has 0 atom stereocenters. The van der Waals surface area contributed by atoms with Crippen molar-refractivity contribution >= 4 is 5.69 Å². The molecule has 0 saturated carbocycles. The summed E-state index contributed by atoms with van der Waals surface area (Å²) in [6.45, 7) is 4.26. The molecular weight excluding hydrogens is 190 g/mol. The van der Waals surface area contributed by atoms with E-state index < -0.39 is 0 Å². The molecule has 4 heteroatoms. The van der Waals surface area contributed by atoms with Gasteiger partial charge < -0.3 is 10.5 Å². The second-order valence-electron chi connectivity index (χ2n) is 3.63. The summed E-state index contributed by atoms with van der Waals surface area (Å²) in [5.74, 6) is 0. The molecule has 1 aromatic rings. The maximum atomic E-state index is 5.85. The number of benzene rings is 1. The summed E-state index contributed by atoms with van der Waals surface area (Å²) in [4.78, 5) is 0. The number of ether oxygens (including phenoxy) is 1. The lowest BCUT2D eigenvalue weighted by Gasteiger charge is -2.27. The molecule has 82 valence electrons. The van der Waals surface area contributed by atoms with Gasteiger partial charge in [-0.3, -0.25) is 5.43 Å². The van der Waals surface area contributed by atoms with Crippen molar-refractivity contribution in [3.63, 3.8) is 0 Å². The van der Waals surface area contributed by atoms with Crippen LogP contribution in [0.2, 0.25) is 0 Å². The summed E-state index contributed by atoms with van der Waals surface area (Å²) >= 11 is 0. The number of nitrogen functional groups attached to an aromatic ring is 1. The van der Waals surface area contributed by atoms with Gasteiger partial charge in [0.05, 0.1) is 13.2 Å². The Bertz CT molecular complexity index is 310. The highest BCUT2D eigenvalue weighted by Gasteiger charge is 2.09. The Hall–Kier alpha value is -1.10. The van der Waals surface area contributed by atoms with Gasteiger partial charge >= 0.3 is 0 Å². The van der Waals surface area contributed by atoms with Gasteiger partial charge in [-0.25, -0.2) is 5.01 Å². The Morgan fingerprint density at radius 1 is 1.27 bits per heavy atom. The number of morpholine rings is 1. The van der Waals surface area contributed by atoms with E-state index in [0.717, 1.165) is 44.1 Å². The minimum atomic E-state index is 0.784. The zero-order chi connectivity index (χ0) is 10.5. The number of rotatable bonds is 3. The minimum Gasteiger partial charge on any atom is -0.398 e. The van der Waals surface area contributed by atoms with Gasteiger partial charge in [0, 0.05) is 25.3 Å². The molecule has 0 aromatic heterocycles. The summed E-state index contributed by atoms with van der Waals surface area (Å²) < 4.78 is 5.27. The molecule has 1 aliphatic heterocycles. The van der Waals surface area contributed by atoms with Crippen molar-refractivity contribution < 1.29 is 4.74 Å². The number of nitrogens with zero attached hydrogens (tertiary/aromatic N) is 1. The first kappa shape index (κ1) is 10.4. The van der Waals surface area contributed by atoms with Gasteiger partial charge in [0.15, 0.2) is 0 Å². The van der Waals surface area contributed by atoms with Crippen LogP contribution in [0.1, 0.15) is 5.56 Å². The van der Waals surface area contributed by atoms with Crippen LogP contribution in [0.15, 0.2) is 24.3 Å². The normalized spacial score (nSPS) is 17.9. The number of anilines is 1. The van der Waals surface area contributed by atoms with Crippen molar-refractivity contribution in [1.82, 2.24) is 10.4 Å². The van der Waals surface area contributed by atoms with Crippen molar-refractivity contribution in [1.29, 1.82) is 0 Å². The van der Waals surface area contributed by atoms with Crippen LogP contribution >= 0.6 is 0 Å². The van der Waals surface area contributed by atoms with Gasteiger partial charge in [0.25, 0.3) is 0 Å². The van der Waals surface area contributed by atoms with Crippen LogP contribution in [0, 0.1) is 0 Å². The van der Waals surface area contributed by atoms with Crippen molar-refractivity contribution in [2.75, 3.05) is 32.0 Å². The number of hydrogen-bond donors (Lipinski definition) is 2. The topological polar surface area (TPSA) is 50.5 Å². The predicted octanol–water partition coefficient (Wildman–Crippen LogP) is 0.606. The lowest BCUT2D eigenvalue weighted by atomic mass is 10.2. The SMILES string of the molecule is Nc1ccccc1CNN1CCOCC1. The van der Waals surface area contributed by atoms with Crippen molar-refractivity contribution in [3.8, 4) is 0 Å². The molecule has 0 amide bonds. The van der Waals surface area contributed by atoms with Crippen LogP contribution in [0.3, 0.4) is 0 Å². The fraction of sp³-hybridized carbons (Fsp3) is 0.455. The molecule has 4 nitrogen and oxygen atoms in total. The highest BCUT2D eigenvalue weighted by Crippen LogP contribution is 2.09. The standard InChI is InChI=1S/C11H17N3O/c12-11-4-2-1-3-10(11)9-13-14-5-7-15-8-6-14/h1-4,13H,5-9,12H2. The van der Waals surface area contributed by atoms with E-state index in [0.29, 0.717) is 0 Å². The maximum Gasteiger partial charge on any atom is 0.0608 e.